The van der Waals surface area contributed by atoms with Gasteiger partial charge in [0, 0.05) is 5.69 Å². The zero-order valence-electron chi connectivity index (χ0n) is 8.21. The SMILES string of the molecule is Cc1ccc(N)cc1C(O)C(O)C(=O)O. The van der Waals surface area contributed by atoms with Crippen LogP contribution in [-0.2, 0) is 4.79 Å². The number of aliphatic hydroxyl groups excluding tert-OH is 2. The molecule has 0 radical (unpaired) electrons. The predicted molar refractivity (Wildman–Crippen MR) is 54.2 cm³/mol. The second-order valence-corrected chi connectivity index (χ2v) is 3.34. The first-order chi connectivity index (χ1) is 6.93. The van der Waals surface area contributed by atoms with Crippen LogP contribution in [0, 0.1) is 6.92 Å². The molecule has 82 valence electrons. The van der Waals surface area contributed by atoms with Gasteiger partial charge in [0.05, 0.1) is 0 Å². The highest BCUT2D eigenvalue weighted by Crippen LogP contribution is 2.23. The molecule has 0 aromatic heterocycles. The van der Waals surface area contributed by atoms with E-state index in [4.69, 9.17) is 10.8 Å². The molecule has 0 spiro atoms. The van der Waals surface area contributed by atoms with Gasteiger partial charge in [0.1, 0.15) is 6.10 Å². The minimum Gasteiger partial charge on any atom is -0.479 e. The van der Waals surface area contributed by atoms with Crippen molar-refractivity contribution in [1.82, 2.24) is 0 Å². The van der Waals surface area contributed by atoms with Crippen LogP contribution >= 0.6 is 0 Å². The average molecular weight is 211 g/mol. The second-order valence-electron chi connectivity index (χ2n) is 3.34. The Labute approximate surface area is 86.8 Å². The van der Waals surface area contributed by atoms with E-state index < -0.39 is 18.2 Å². The van der Waals surface area contributed by atoms with Gasteiger partial charge >= 0.3 is 5.97 Å². The van der Waals surface area contributed by atoms with E-state index in [2.05, 4.69) is 0 Å². The van der Waals surface area contributed by atoms with Gasteiger partial charge in [-0.1, -0.05) is 6.07 Å². The summed E-state index contributed by atoms with van der Waals surface area (Å²) in [5.74, 6) is -1.47. The molecule has 0 heterocycles. The van der Waals surface area contributed by atoms with Gasteiger partial charge in [-0.3, -0.25) is 0 Å². The Kier molecular flexibility index (Phi) is 3.28. The summed E-state index contributed by atoms with van der Waals surface area (Å²) in [5.41, 5.74) is 6.91. The number of carboxylic acid groups (broad SMARTS) is 1. The van der Waals surface area contributed by atoms with Crippen LogP contribution < -0.4 is 5.73 Å². The summed E-state index contributed by atoms with van der Waals surface area (Å²) in [6, 6.07) is 4.74. The van der Waals surface area contributed by atoms with Crippen LogP contribution in [0.2, 0.25) is 0 Å². The highest BCUT2D eigenvalue weighted by molar-refractivity contribution is 5.73. The van der Waals surface area contributed by atoms with Crippen LogP contribution in [0.3, 0.4) is 0 Å². The third kappa shape index (κ3) is 2.45. The molecule has 0 aliphatic carbocycles. The molecule has 1 aromatic rings. The molecule has 5 nitrogen and oxygen atoms in total. The number of anilines is 1. The lowest BCUT2D eigenvalue weighted by molar-refractivity contribution is -0.153. The van der Waals surface area contributed by atoms with Crippen molar-refractivity contribution in [2.45, 2.75) is 19.1 Å². The summed E-state index contributed by atoms with van der Waals surface area (Å²) < 4.78 is 0. The van der Waals surface area contributed by atoms with Crippen LogP contribution in [0.4, 0.5) is 5.69 Å². The summed E-state index contributed by atoms with van der Waals surface area (Å²) in [7, 11) is 0. The van der Waals surface area contributed by atoms with Crippen molar-refractivity contribution < 1.29 is 20.1 Å². The Morgan fingerprint density at radius 2 is 2.00 bits per heavy atom. The highest BCUT2D eigenvalue weighted by Gasteiger charge is 2.26. The number of aliphatic hydroxyl groups is 2. The normalized spacial score (nSPS) is 14.6. The zero-order chi connectivity index (χ0) is 11.6. The molecular formula is C10H13NO4. The van der Waals surface area contributed by atoms with Crippen molar-refractivity contribution in [3.05, 3.63) is 29.3 Å². The van der Waals surface area contributed by atoms with E-state index in [-0.39, 0.29) is 0 Å². The molecule has 5 N–H and O–H groups in total. The molecule has 1 aromatic carbocycles. The molecule has 0 amide bonds. The first-order valence-electron chi connectivity index (χ1n) is 4.38. The molecule has 0 aliphatic rings. The van der Waals surface area contributed by atoms with Crippen molar-refractivity contribution in [3.63, 3.8) is 0 Å². The van der Waals surface area contributed by atoms with Gasteiger partial charge in [-0.05, 0) is 30.2 Å². The fourth-order valence-corrected chi connectivity index (χ4v) is 1.28. The molecule has 15 heavy (non-hydrogen) atoms. The third-order valence-corrected chi connectivity index (χ3v) is 2.17. The maximum Gasteiger partial charge on any atom is 0.335 e. The summed E-state index contributed by atoms with van der Waals surface area (Å²) in [4.78, 5) is 10.5. The Hall–Kier alpha value is -1.59. The van der Waals surface area contributed by atoms with Crippen molar-refractivity contribution in [1.29, 1.82) is 0 Å². The summed E-state index contributed by atoms with van der Waals surface area (Å²) in [6.07, 6.45) is -3.31. The fourth-order valence-electron chi connectivity index (χ4n) is 1.28. The van der Waals surface area contributed by atoms with Gasteiger partial charge in [0.25, 0.3) is 0 Å². The Balaban J connectivity index is 3.04. The number of aryl methyl sites for hydroxylation is 1. The molecular weight excluding hydrogens is 198 g/mol. The number of benzene rings is 1. The highest BCUT2D eigenvalue weighted by atomic mass is 16.4. The van der Waals surface area contributed by atoms with Crippen LogP contribution in [0.25, 0.3) is 0 Å². The van der Waals surface area contributed by atoms with E-state index in [0.29, 0.717) is 16.8 Å². The number of hydrogen-bond donors (Lipinski definition) is 4. The lowest BCUT2D eigenvalue weighted by atomic mass is 9.99. The van der Waals surface area contributed by atoms with Crippen molar-refractivity contribution in [3.8, 4) is 0 Å². The van der Waals surface area contributed by atoms with Crippen LogP contribution in [0.5, 0.6) is 0 Å². The molecule has 2 unspecified atom stereocenters. The first-order valence-corrected chi connectivity index (χ1v) is 4.38. The number of aliphatic carboxylic acids is 1. The average Bonchev–Trinajstić information content (AvgIpc) is 2.19. The number of rotatable bonds is 3. The van der Waals surface area contributed by atoms with Crippen molar-refractivity contribution in [2.75, 3.05) is 5.73 Å². The van der Waals surface area contributed by atoms with Gasteiger partial charge in [-0.15, -0.1) is 0 Å². The van der Waals surface area contributed by atoms with E-state index in [9.17, 15) is 15.0 Å². The quantitative estimate of drug-likeness (QED) is 0.529. The topological polar surface area (TPSA) is 104 Å². The number of nitrogens with two attached hydrogens (primary N) is 1. The minimum atomic E-state index is -1.84. The van der Waals surface area contributed by atoms with Crippen LogP contribution in [0.1, 0.15) is 17.2 Å². The zero-order valence-corrected chi connectivity index (χ0v) is 8.21. The van der Waals surface area contributed by atoms with Gasteiger partial charge in [-0.2, -0.15) is 0 Å². The number of carboxylic acids is 1. The lowest BCUT2D eigenvalue weighted by Gasteiger charge is -2.16. The van der Waals surface area contributed by atoms with Gasteiger partial charge < -0.3 is 21.1 Å². The predicted octanol–water partition coefficient (Wildman–Crippen LogP) is 0.0561. The Morgan fingerprint density at radius 3 is 2.53 bits per heavy atom. The lowest BCUT2D eigenvalue weighted by Crippen LogP contribution is -2.28. The monoisotopic (exact) mass is 211 g/mol. The summed E-state index contributed by atoms with van der Waals surface area (Å²) >= 11 is 0. The van der Waals surface area contributed by atoms with Gasteiger partial charge in [-0.25, -0.2) is 4.79 Å². The van der Waals surface area contributed by atoms with Crippen LogP contribution in [0.15, 0.2) is 18.2 Å². The number of hydrogen-bond acceptors (Lipinski definition) is 4. The number of nitrogen functional groups attached to an aromatic ring is 1. The van der Waals surface area contributed by atoms with E-state index in [1.165, 1.54) is 6.07 Å². The fraction of sp³-hybridized carbons (Fsp3) is 0.300. The Morgan fingerprint density at radius 1 is 1.40 bits per heavy atom. The first kappa shape index (κ1) is 11.5. The number of carbonyl (C=O) groups is 1. The molecule has 1 rings (SSSR count). The standard InChI is InChI=1S/C10H13NO4/c1-5-2-3-6(11)4-7(5)8(12)9(13)10(14)15/h2-4,8-9,12-13H,11H2,1H3,(H,14,15). The van der Waals surface area contributed by atoms with Crippen molar-refractivity contribution in [2.24, 2.45) is 0 Å². The summed E-state index contributed by atoms with van der Waals surface area (Å²) in [5, 5.41) is 27.3. The third-order valence-electron chi connectivity index (χ3n) is 2.17. The molecule has 0 bridgehead atoms. The van der Waals surface area contributed by atoms with E-state index in [1.54, 1.807) is 19.1 Å². The molecule has 2 atom stereocenters. The maximum atomic E-state index is 10.5. The molecule has 0 fully saturated rings. The van der Waals surface area contributed by atoms with Gasteiger partial charge in [0.15, 0.2) is 6.10 Å². The Bertz CT molecular complexity index is 378. The molecule has 0 saturated heterocycles. The molecule has 5 heteroatoms. The second kappa shape index (κ2) is 4.29. The summed E-state index contributed by atoms with van der Waals surface area (Å²) in [6.45, 7) is 1.70. The van der Waals surface area contributed by atoms with E-state index in [0.717, 1.165) is 0 Å². The molecule has 0 aliphatic heterocycles. The van der Waals surface area contributed by atoms with Crippen LogP contribution in [-0.4, -0.2) is 27.4 Å². The maximum absolute atomic E-state index is 10.5. The van der Waals surface area contributed by atoms with Crippen molar-refractivity contribution >= 4 is 11.7 Å². The largest absolute Gasteiger partial charge is 0.479 e. The van der Waals surface area contributed by atoms with E-state index >= 15 is 0 Å². The van der Waals surface area contributed by atoms with Gasteiger partial charge in [0.2, 0.25) is 0 Å². The van der Waals surface area contributed by atoms with E-state index in [1.807, 2.05) is 0 Å². The molecule has 0 saturated carbocycles. The minimum absolute atomic E-state index is 0.324. The smallest absolute Gasteiger partial charge is 0.335 e.